The highest BCUT2D eigenvalue weighted by atomic mass is 16.3. The molecule has 0 bridgehead atoms. The van der Waals surface area contributed by atoms with Crippen molar-refractivity contribution in [1.29, 1.82) is 0 Å². The summed E-state index contributed by atoms with van der Waals surface area (Å²) in [5, 5.41) is 2.34. The van der Waals surface area contributed by atoms with Gasteiger partial charge in [0, 0.05) is 28.9 Å². The molecule has 0 saturated carbocycles. The molecule has 1 atom stereocenters. The molecule has 1 unspecified atom stereocenters. The molecule has 3 nitrogen and oxygen atoms in total. The molecule has 4 aromatic rings. The first-order valence-electron chi connectivity index (χ1n) is 9.78. The van der Waals surface area contributed by atoms with Crippen molar-refractivity contribution in [1.82, 2.24) is 0 Å². The van der Waals surface area contributed by atoms with Gasteiger partial charge >= 0.3 is 0 Å². The number of hydrogen-bond donors (Lipinski definition) is 0. The fraction of sp³-hybridized carbons (Fsp3) is 0.200. The Kier molecular flexibility index (Phi) is 3.73. The molecule has 0 fully saturated rings. The maximum absolute atomic E-state index is 6.32. The van der Waals surface area contributed by atoms with Crippen molar-refractivity contribution in [3.63, 3.8) is 0 Å². The number of benzene rings is 3. The maximum atomic E-state index is 6.32. The normalized spacial score (nSPS) is 16.6. The predicted octanol–water partition coefficient (Wildman–Crippen LogP) is 6.66. The van der Waals surface area contributed by atoms with Crippen molar-refractivity contribution in [2.75, 3.05) is 9.80 Å². The van der Waals surface area contributed by atoms with E-state index >= 15 is 0 Å². The summed E-state index contributed by atoms with van der Waals surface area (Å²) < 4.78 is 6.32. The van der Waals surface area contributed by atoms with Gasteiger partial charge < -0.3 is 14.2 Å². The lowest BCUT2D eigenvalue weighted by Crippen LogP contribution is -2.37. The standard InChI is InChI=1S/C25H24N2O/c1-16-8-7-9-17(2)23(16)26-14-15-27(19(26)4)24-18(3)12-13-21-20-10-5-6-11-22(20)28-25(21)24/h5-15,19H,1-4H3. The Bertz CT molecular complexity index is 1210. The van der Waals surface area contributed by atoms with Crippen molar-refractivity contribution in [3.8, 4) is 0 Å². The van der Waals surface area contributed by atoms with Gasteiger partial charge in [0.25, 0.3) is 0 Å². The second-order valence-electron chi connectivity index (χ2n) is 7.69. The zero-order valence-electron chi connectivity index (χ0n) is 16.7. The molecule has 3 aromatic carbocycles. The SMILES string of the molecule is Cc1cccc(C)c1N1C=CN(c2c(C)ccc3c2oc2ccccc23)C1C. The van der Waals surface area contributed by atoms with E-state index in [9.17, 15) is 0 Å². The maximum Gasteiger partial charge on any atom is 0.159 e. The lowest BCUT2D eigenvalue weighted by Gasteiger charge is -2.32. The van der Waals surface area contributed by atoms with Crippen LogP contribution in [0.3, 0.4) is 0 Å². The van der Waals surface area contributed by atoms with Crippen LogP contribution < -0.4 is 9.80 Å². The van der Waals surface area contributed by atoms with Gasteiger partial charge in [0.05, 0.1) is 5.69 Å². The van der Waals surface area contributed by atoms with E-state index in [1.807, 2.05) is 12.1 Å². The molecule has 0 saturated heterocycles. The zero-order chi connectivity index (χ0) is 19.4. The number of rotatable bonds is 2. The molecule has 2 heterocycles. The van der Waals surface area contributed by atoms with Gasteiger partial charge in [-0.15, -0.1) is 0 Å². The van der Waals surface area contributed by atoms with Crippen LogP contribution in [0.1, 0.15) is 23.6 Å². The van der Waals surface area contributed by atoms with Crippen LogP contribution in [-0.2, 0) is 0 Å². The predicted molar refractivity (Wildman–Crippen MR) is 118 cm³/mol. The lowest BCUT2D eigenvalue weighted by molar-refractivity contribution is 0.662. The minimum atomic E-state index is 0.164. The van der Waals surface area contributed by atoms with Gasteiger partial charge in [-0.25, -0.2) is 0 Å². The van der Waals surface area contributed by atoms with Gasteiger partial charge in [-0.2, -0.15) is 0 Å². The van der Waals surface area contributed by atoms with E-state index < -0.39 is 0 Å². The fourth-order valence-electron chi connectivity index (χ4n) is 4.46. The van der Waals surface area contributed by atoms with Crippen molar-refractivity contribution >= 4 is 33.3 Å². The molecule has 1 aliphatic heterocycles. The Labute approximate surface area is 165 Å². The van der Waals surface area contributed by atoms with Crippen LogP contribution in [0.4, 0.5) is 11.4 Å². The number of para-hydroxylation sites is 2. The molecule has 0 spiro atoms. The molecule has 0 radical (unpaired) electrons. The van der Waals surface area contributed by atoms with Gasteiger partial charge in [0.2, 0.25) is 0 Å². The van der Waals surface area contributed by atoms with E-state index in [2.05, 4.69) is 92.4 Å². The molecule has 5 rings (SSSR count). The Balaban J connectivity index is 1.65. The summed E-state index contributed by atoms with van der Waals surface area (Å²) in [6, 6.07) is 19.1. The molecule has 1 aliphatic rings. The summed E-state index contributed by atoms with van der Waals surface area (Å²) in [6.45, 7) is 8.75. The second-order valence-corrected chi connectivity index (χ2v) is 7.69. The number of nitrogens with zero attached hydrogens (tertiary/aromatic N) is 2. The van der Waals surface area contributed by atoms with Gasteiger partial charge in [-0.3, -0.25) is 0 Å². The molecule has 140 valence electrons. The molecule has 0 N–H and O–H groups in total. The van der Waals surface area contributed by atoms with E-state index in [0.29, 0.717) is 0 Å². The number of fused-ring (bicyclic) bond motifs is 3. The van der Waals surface area contributed by atoms with E-state index in [1.165, 1.54) is 33.2 Å². The first kappa shape index (κ1) is 16.9. The topological polar surface area (TPSA) is 19.6 Å². The summed E-state index contributed by atoms with van der Waals surface area (Å²) in [5.41, 5.74) is 8.11. The molecule has 0 aliphatic carbocycles. The highest BCUT2D eigenvalue weighted by Gasteiger charge is 2.29. The third kappa shape index (κ3) is 2.36. The van der Waals surface area contributed by atoms with Crippen LogP contribution in [-0.4, -0.2) is 6.17 Å². The fourth-order valence-corrected chi connectivity index (χ4v) is 4.46. The highest BCUT2D eigenvalue weighted by Crippen LogP contribution is 2.41. The Hall–Kier alpha value is -3.20. The summed E-state index contributed by atoms with van der Waals surface area (Å²) in [5.74, 6) is 0. The van der Waals surface area contributed by atoms with Crippen LogP contribution >= 0.6 is 0 Å². The van der Waals surface area contributed by atoms with Crippen molar-refractivity contribution < 1.29 is 4.42 Å². The zero-order valence-corrected chi connectivity index (χ0v) is 16.7. The van der Waals surface area contributed by atoms with Crippen LogP contribution in [0.25, 0.3) is 21.9 Å². The smallest absolute Gasteiger partial charge is 0.159 e. The molecule has 3 heteroatoms. The number of hydrogen-bond acceptors (Lipinski definition) is 3. The van der Waals surface area contributed by atoms with E-state index in [4.69, 9.17) is 4.42 Å². The lowest BCUT2D eigenvalue weighted by atomic mass is 10.1. The van der Waals surface area contributed by atoms with Gasteiger partial charge in [0.1, 0.15) is 11.7 Å². The quantitative estimate of drug-likeness (QED) is 0.395. The van der Waals surface area contributed by atoms with Crippen LogP contribution in [0.15, 0.2) is 71.4 Å². The summed E-state index contributed by atoms with van der Waals surface area (Å²) in [7, 11) is 0. The molecule has 0 amide bonds. The van der Waals surface area contributed by atoms with E-state index in [0.717, 1.165) is 16.9 Å². The number of furan rings is 1. The monoisotopic (exact) mass is 368 g/mol. The average Bonchev–Trinajstić information content (AvgIpc) is 3.23. The number of aryl methyl sites for hydroxylation is 3. The van der Waals surface area contributed by atoms with Crippen molar-refractivity contribution in [2.45, 2.75) is 33.9 Å². The summed E-state index contributed by atoms with van der Waals surface area (Å²) in [4.78, 5) is 4.68. The summed E-state index contributed by atoms with van der Waals surface area (Å²) in [6.07, 6.45) is 4.52. The molecule has 28 heavy (non-hydrogen) atoms. The highest BCUT2D eigenvalue weighted by molar-refractivity contribution is 6.09. The Morgan fingerprint density at radius 3 is 2.07 bits per heavy atom. The third-order valence-electron chi connectivity index (χ3n) is 5.87. The van der Waals surface area contributed by atoms with E-state index in [-0.39, 0.29) is 6.17 Å². The van der Waals surface area contributed by atoms with Crippen LogP contribution in [0.2, 0.25) is 0 Å². The average molecular weight is 368 g/mol. The first-order chi connectivity index (χ1) is 13.6. The number of anilines is 2. The van der Waals surface area contributed by atoms with Crippen LogP contribution in [0.5, 0.6) is 0 Å². The molecule has 1 aromatic heterocycles. The molecular formula is C25H24N2O. The van der Waals surface area contributed by atoms with Crippen molar-refractivity contribution in [3.05, 3.63) is 83.7 Å². The Morgan fingerprint density at radius 2 is 1.32 bits per heavy atom. The van der Waals surface area contributed by atoms with Gasteiger partial charge in [0.15, 0.2) is 5.58 Å². The third-order valence-corrected chi connectivity index (χ3v) is 5.87. The van der Waals surface area contributed by atoms with Gasteiger partial charge in [-0.05, 0) is 50.5 Å². The second kappa shape index (κ2) is 6.16. The minimum Gasteiger partial charge on any atom is -0.454 e. The van der Waals surface area contributed by atoms with Gasteiger partial charge in [-0.1, -0.05) is 48.5 Å². The largest absolute Gasteiger partial charge is 0.454 e. The van der Waals surface area contributed by atoms with E-state index in [1.54, 1.807) is 0 Å². The van der Waals surface area contributed by atoms with Crippen LogP contribution in [0, 0.1) is 20.8 Å². The summed E-state index contributed by atoms with van der Waals surface area (Å²) >= 11 is 0. The first-order valence-corrected chi connectivity index (χ1v) is 9.78. The molecular weight excluding hydrogens is 344 g/mol. The minimum absolute atomic E-state index is 0.164. The van der Waals surface area contributed by atoms with Crippen molar-refractivity contribution in [2.24, 2.45) is 0 Å². The Morgan fingerprint density at radius 1 is 0.679 bits per heavy atom.